The van der Waals surface area contributed by atoms with Crippen LogP contribution in [0.15, 0.2) is 5.16 Å². The molecular weight excluding hydrogens is 286 g/mol. The Morgan fingerprint density at radius 1 is 1.35 bits per heavy atom. The van der Waals surface area contributed by atoms with E-state index < -0.39 is 5.97 Å². The molecule has 1 aliphatic heterocycles. The first-order valence-electron chi connectivity index (χ1n) is 5.91. The molecule has 0 bridgehead atoms. The van der Waals surface area contributed by atoms with Gasteiger partial charge in [-0.25, -0.2) is 4.68 Å². The predicted octanol–water partition coefficient (Wildman–Crippen LogP) is -0.913. The summed E-state index contributed by atoms with van der Waals surface area (Å²) < 4.78 is 5.84. The molecule has 0 atom stereocenters. The van der Waals surface area contributed by atoms with Gasteiger partial charge in [0.2, 0.25) is 17.0 Å². The fourth-order valence-corrected chi connectivity index (χ4v) is 2.49. The van der Waals surface area contributed by atoms with Crippen molar-refractivity contribution >= 4 is 29.5 Å². The zero-order valence-corrected chi connectivity index (χ0v) is 11.6. The first-order valence-corrected chi connectivity index (χ1v) is 6.89. The molecule has 108 valence electrons. The number of esters is 1. The maximum atomic E-state index is 11.4. The Morgan fingerprint density at radius 2 is 2.05 bits per heavy atom. The van der Waals surface area contributed by atoms with Gasteiger partial charge in [-0.1, -0.05) is 11.8 Å². The lowest BCUT2D eigenvalue weighted by atomic mass is 10.4. The number of thioether (sulfide) groups is 1. The van der Waals surface area contributed by atoms with Crippen LogP contribution in [-0.2, 0) is 25.7 Å². The van der Waals surface area contributed by atoms with Gasteiger partial charge in [0.1, 0.15) is 6.54 Å². The van der Waals surface area contributed by atoms with E-state index >= 15 is 0 Å². The fourth-order valence-electron chi connectivity index (χ4n) is 1.69. The van der Waals surface area contributed by atoms with Crippen molar-refractivity contribution in [1.82, 2.24) is 25.1 Å². The van der Waals surface area contributed by atoms with Gasteiger partial charge in [0.15, 0.2) is 0 Å². The maximum Gasteiger partial charge on any atom is 0.327 e. The highest BCUT2D eigenvalue weighted by Gasteiger charge is 2.28. The molecule has 1 aromatic heterocycles. The van der Waals surface area contributed by atoms with Gasteiger partial charge in [-0.2, -0.15) is 0 Å². The number of tetrazole rings is 1. The van der Waals surface area contributed by atoms with Crippen LogP contribution in [0.3, 0.4) is 0 Å². The number of nitrogens with zero attached hydrogens (tertiary/aromatic N) is 5. The molecule has 1 fully saturated rings. The molecule has 0 aliphatic carbocycles. The molecular formula is C10H13N5O4S. The molecule has 0 N–H and O–H groups in total. The Labute approximate surface area is 118 Å². The first kappa shape index (κ1) is 14.4. The van der Waals surface area contributed by atoms with Crippen molar-refractivity contribution < 1.29 is 19.1 Å². The lowest BCUT2D eigenvalue weighted by Gasteiger charge is -2.12. The van der Waals surface area contributed by atoms with Gasteiger partial charge in [0.05, 0.1) is 7.11 Å². The average Bonchev–Trinajstić information content (AvgIpc) is 2.99. The van der Waals surface area contributed by atoms with E-state index in [9.17, 15) is 14.4 Å². The topological polar surface area (TPSA) is 107 Å². The van der Waals surface area contributed by atoms with E-state index in [4.69, 9.17) is 0 Å². The number of likely N-dealkylation sites (tertiary alicyclic amines) is 1. The van der Waals surface area contributed by atoms with Gasteiger partial charge in [0, 0.05) is 25.1 Å². The predicted molar refractivity (Wildman–Crippen MR) is 66.5 cm³/mol. The number of aromatic nitrogens is 4. The van der Waals surface area contributed by atoms with Crippen LogP contribution in [0.1, 0.15) is 12.8 Å². The average molecular weight is 299 g/mol. The van der Waals surface area contributed by atoms with Crippen LogP contribution >= 0.6 is 11.8 Å². The monoisotopic (exact) mass is 299 g/mol. The summed E-state index contributed by atoms with van der Waals surface area (Å²) in [5, 5.41) is 11.4. The van der Waals surface area contributed by atoms with Crippen LogP contribution in [0.25, 0.3) is 0 Å². The van der Waals surface area contributed by atoms with E-state index in [-0.39, 0.29) is 31.2 Å². The third kappa shape index (κ3) is 3.32. The molecule has 2 heterocycles. The standard InChI is InChI=1S/C10H13N5O4S/c1-19-9(18)6-15-10(11-12-13-15)20-5-4-14-7(16)2-3-8(14)17/h2-6H2,1H3. The SMILES string of the molecule is COC(=O)Cn1nnnc1SCCN1C(=O)CCC1=O. The largest absolute Gasteiger partial charge is 0.468 e. The van der Waals surface area contributed by atoms with Gasteiger partial charge >= 0.3 is 5.97 Å². The number of hydrogen-bond acceptors (Lipinski definition) is 8. The number of ether oxygens (including phenoxy) is 1. The van der Waals surface area contributed by atoms with Crippen molar-refractivity contribution in [3.8, 4) is 0 Å². The molecule has 0 spiro atoms. The fraction of sp³-hybridized carbons (Fsp3) is 0.600. The van der Waals surface area contributed by atoms with Crippen molar-refractivity contribution in [2.75, 3.05) is 19.4 Å². The molecule has 0 unspecified atom stereocenters. The van der Waals surface area contributed by atoms with E-state index in [1.165, 1.54) is 28.5 Å². The summed E-state index contributed by atoms with van der Waals surface area (Å²) in [6, 6.07) is 0. The van der Waals surface area contributed by atoms with E-state index in [1.54, 1.807) is 0 Å². The summed E-state index contributed by atoms with van der Waals surface area (Å²) in [4.78, 5) is 35.2. The molecule has 20 heavy (non-hydrogen) atoms. The van der Waals surface area contributed by atoms with Gasteiger partial charge in [0.25, 0.3) is 0 Å². The van der Waals surface area contributed by atoms with Crippen LogP contribution in [-0.4, -0.2) is 62.3 Å². The molecule has 2 rings (SSSR count). The Balaban J connectivity index is 1.85. The number of rotatable bonds is 6. The number of methoxy groups -OCH3 is 1. The van der Waals surface area contributed by atoms with Crippen molar-refractivity contribution in [3.05, 3.63) is 0 Å². The molecule has 0 aromatic carbocycles. The van der Waals surface area contributed by atoms with Crippen LogP contribution in [0.5, 0.6) is 0 Å². The number of amides is 2. The Bertz CT molecular complexity index is 515. The van der Waals surface area contributed by atoms with Gasteiger partial charge in [-0.3, -0.25) is 19.3 Å². The second-order valence-electron chi connectivity index (χ2n) is 3.98. The summed E-state index contributed by atoms with van der Waals surface area (Å²) in [5.74, 6) is -0.280. The van der Waals surface area contributed by atoms with Gasteiger partial charge < -0.3 is 4.74 Å². The minimum absolute atomic E-state index is 0.0760. The Hall–Kier alpha value is -1.97. The van der Waals surface area contributed by atoms with Crippen LogP contribution in [0.4, 0.5) is 0 Å². The number of imide groups is 1. The second kappa shape index (κ2) is 6.46. The van der Waals surface area contributed by atoms with E-state index in [1.807, 2.05) is 0 Å². The highest BCUT2D eigenvalue weighted by Crippen LogP contribution is 2.17. The van der Waals surface area contributed by atoms with Crippen molar-refractivity contribution in [3.63, 3.8) is 0 Å². The van der Waals surface area contributed by atoms with Crippen molar-refractivity contribution in [2.24, 2.45) is 0 Å². The van der Waals surface area contributed by atoms with E-state index in [2.05, 4.69) is 20.3 Å². The van der Waals surface area contributed by atoms with Crippen LogP contribution in [0.2, 0.25) is 0 Å². The summed E-state index contributed by atoms with van der Waals surface area (Å²) in [6.45, 7) is 0.237. The number of carbonyl (C=O) groups is 3. The minimum Gasteiger partial charge on any atom is -0.468 e. The number of hydrogen-bond donors (Lipinski definition) is 0. The van der Waals surface area contributed by atoms with E-state index in [0.29, 0.717) is 17.5 Å². The molecule has 1 saturated heterocycles. The Morgan fingerprint density at radius 3 is 2.70 bits per heavy atom. The van der Waals surface area contributed by atoms with Gasteiger partial charge in [-0.05, 0) is 10.4 Å². The molecule has 1 aliphatic rings. The smallest absolute Gasteiger partial charge is 0.327 e. The van der Waals surface area contributed by atoms with Crippen LogP contribution < -0.4 is 0 Å². The zero-order valence-electron chi connectivity index (χ0n) is 10.8. The van der Waals surface area contributed by atoms with Crippen molar-refractivity contribution in [2.45, 2.75) is 24.5 Å². The quantitative estimate of drug-likeness (QED) is 0.377. The van der Waals surface area contributed by atoms with Crippen LogP contribution in [0, 0.1) is 0 Å². The Kier molecular flexibility index (Phi) is 4.66. The summed E-state index contributed by atoms with van der Waals surface area (Å²) >= 11 is 1.27. The summed E-state index contributed by atoms with van der Waals surface area (Å²) in [6.07, 6.45) is 0.563. The second-order valence-corrected chi connectivity index (χ2v) is 5.04. The molecule has 0 saturated carbocycles. The maximum absolute atomic E-state index is 11.4. The zero-order chi connectivity index (χ0) is 14.5. The molecule has 2 amide bonds. The molecule has 1 aromatic rings. The molecule has 0 radical (unpaired) electrons. The van der Waals surface area contributed by atoms with E-state index in [0.717, 1.165) is 0 Å². The van der Waals surface area contributed by atoms with Gasteiger partial charge in [-0.15, -0.1) is 5.10 Å². The molecule has 10 heteroatoms. The first-order chi connectivity index (χ1) is 9.61. The third-order valence-electron chi connectivity index (χ3n) is 2.71. The van der Waals surface area contributed by atoms with Crippen molar-refractivity contribution in [1.29, 1.82) is 0 Å². The third-order valence-corrected chi connectivity index (χ3v) is 3.64. The minimum atomic E-state index is -0.455. The highest BCUT2D eigenvalue weighted by atomic mass is 32.2. The highest BCUT2D eigenvalue weighted by molar-refractivity contribution is 7.99. The normalized spacial score (nSPS) is 14.9. The summed E-state index contributed by atoms with van der Waals surface area (Å²) in [5.41, 5.74) is 0. The lowest BCUT2D eigenvalue weighted by molar-refractivity contribution is -0.142. The number of carbonyl (C=O) groups excluding carboxylic acids is 3. The summed E-state index contributed by atoms with van der Waals surface area (Å²) in [7, 11) is 1.28. The molecule has 9 nitrogen and oxygen atoms in total. The lowest BCUT2D eigenvalue weighted by Crippen LogP contribution is -2.31.